The van der Waals surface area contributed by atoms with Crippen molar-refractivity contribution in [2.24, 2.45) is 5.41 Å². The maximum Gasteiger partial charge on any atom is 0.239 e. The fourth-order valence-electron chi connectivity index (χ4n) is 2.50. The largest absolute Gasteiger partial charge is 0.355 e. The second-order valence-corrected chi connectivity index (χ2v) is 6.94. The van der Waals surface area contributed by atoms with Gasteiger partial charge in [0.2, 0.25) is 17.7 Å². The van der Waals surface area contributed by atoms with Gasteiger partial charge < -0.3 is 16.0 Å². The molecule has 6 nitrogen and oxygen atoms in total. The lowest BCUT2D eigenvalue weighted by Gasteiger charge is -2.23. The van der Waals surface area contributed by atoms with Gasteiger partial charge in [0.25, 0.3) is 0 Å². The molecule has 0 saturated heterocycles. The molecule has 0 aromatic heterocycles. The molecule has 2 rings (SSSR count). The molecule has 3 N–H and O–H groups in total. The van der Waals surface area contributed by atoms with Crippen molar-refractivity contribution in [3.63, 3.8) is 0 Å². The lowest BCUT2D eigenvalue weighted by Crippen LogP contribution is -2.45. The minimum absolute atomic E-state index is 0.217. The third kappa shape index (κ3) is 5.64. The summed E-state index contributed by atoms with van der Waals surface area (Å²) in [5.74, 6) is -1.50. The van der Waals surface area contributed by atoms with Gasteiger partial charge in [-0.05, 0) is 50.1 Å². The van der Waals surface area contributed by atoms with Crippen LogP contribution in [0.2, 0.25) is 0 Å². The van der Waals surface area contributed by atoms with Crippen LogP contribution in [0, 0.1) is 11.2 Å². The molecule has 148 valence electrons. The first-order valence-corrected chi connectivity index (χ1v) is 8.91. The lowest BCUT2D eigenvalue weighted by atomic mass is 9.90. The highest BCUT2D eigenvalue weighted by Gasteiger charge is 2.35. The first-order valence-electron chi connectivity index (χ1n) is 8.91. The van der Waals surface area contributed by atoms with Gasteiger partial charge in [0.1, 0.15) is 11.2 Å². The van der Waals surface area contributed by atoms with Crippen LogP contribution in [0.4, 0.5) is 15.8 Å². The number of carbonyl (C=O) groups excluding carboxylic acids is 3. The third-order valence-corrected chi connectivity index (χ3v) is 4.21. The van der Waals surface area contributed by atoms with Crippen LogP contribution in [0.1, 0.15) is 26.3 Å². The van der Waals surface area contributed by atoms with E-state index in [0.29, 0.717) is 23.4 Å². The molecule has 0 atom stereocenters. The number of carbonyl (C=O) groups is 3. The van der Waals surface area contributed by atoms with E-state index in [1.165, 1.54) is 26.8 Å². The van der Waals surface area contributed by atoms with Crippen molar-refractivity contribution >= 4 is 29.1 Å². The van der Waals surface area contributed by atoms with Gasteiger partial charge in [-0.15, -0.1) is 0 Å². The first kappa shape index (κ1) is 21.1. The van der Waals surface area contributed by atoms with Crippen molar-refractivity contribution in [1.29, 1.82) is 0 Å². The van der Waals surface area contributed by atoms with E-state index in [-0.39, 0.29) is 18.3 Å². The number of benzene rings is 2. The van der Waals surface area contributed by atoms with Crippen LogP contribution < -0.4 is 16.0 Å². The Balaban J connectivity index is 1.94. The molecule has 28 heavy (non-hydrogen) atoms. The van der Waals surface area contributed by atoms with E-state index in [2.05, 4.69) is 16.0 Å². The summed E-state index contributed by atoms with van der Waals surface area (Å²) < 4.78 is 13.6. The highest BCUT2D eigenvalue weighted by Crippen LogP contribution is 2.21. The number of nitrogens with one attached hydrogen (secondary N) is 3. The molecule has 7 heteroatoms. The van der Waals surface area contributed by atoms with E-state index >= 15 is 0 Å². The van der Waals surface area contributed by atoms with Crippen LogP contribution >= 0.6 is 0 Å². The summed E-state index contributed by atoms with van der Waals surface area (Å²) in [5.41, 5.74) is 0.167. The predicted molar refractivity (Wildman–Crippen MR) is 106 cm³/mol. The van der Waals surface area contributed by atoms with Crippen LogP contribution in [-0.2, 0) is 20.8 Å². The van der Waals surface area contributed by atoms with Crippen LogP contribution in [0.25, 0.3) is 0 Å². The maximum absolute atomic E-state index is 13.6. The summed E-state index contributed by atoms with van der Waals surface area (Å²) in [5, 5.41) is 7.99. The van der Waals surface area contributed by atoms with E-state index in [9.17, 15) is 18.8 Å². The van der Waals surface area contributed by atoms with Gasteiger partial charge in [0.15, 0.2) is 0 Å². The van der Waals surface area contributed by atoms with Crippen molar-refractivity contribution in [2.75, 3.05) is 17.2 Å². The van der Waals surface area contributed by atoms with E-state index in [0.717, 1.165) is 0 Å². The zero-order valence-electron chi connectivity index (χ0n) is 16.1. The number of amides is 3. The molecule has 3 amide bonds. The van der Waals surface area contributed by atoms with Crippen LogP contribution in [-0.4, -0.2) is 24.3 Å². The highest BCUT2D eigenvalue weighted by molar-refractivity contribution is 6.10. The fraction of sp³-hybridized carbons (Fsp3) is 0.286. The number of halogens is 1. The van der Waals surface area contributed by atoms with Crippen molar-refractivity contribution in [3.8, 4) is 0 Å². The van der Waals surface area contributed by atoms with Gasteiger partial charge in [-0.3, -0.25) is 14.4 Å². The van der Waals surface area contributed by atoms with E-state index in [4.69, 9.17) is 0 Å². The Hall–Kier alpha value is -3.22. The quantitative estimate of drug-likeness (QED) is 0.640. The predicted octanol–water partition coefficient (Wildman–Crippen LogP) is 3.11. The molecule has 0 spiro atoms. The van der Waals surface area contributed by atoms with Crippen molar-refractivity contribution < 1.29 is 18.8 Å². The molecule has 0 radical (unpaired) electrons. The molecule has 0 aliphatic heterocycles. The van der Waals surface area contributed by atoms with E-state index in [1.54, 1.807) is 42.5 Å². The van der Waals surface area contributed by atoms with Gasteiger partial charge in [-0.1, -0.05) is 24.3 Å². The Morgan fingerprint density at radius 1 is 0.929 bits per heavy atom. The Bertz CT molecular complexity index is 881. The third-order valence-electron chi connectivity index (χ3n) is 4.21. The smallest absolute Gasteiger partial charge is 0.239 e. The monoisotopic (exact) mass is 385 g/mol. The average Bonchev–Trinajstić information content (AvgIpc) is 2.62. The molecule has 0 unspecified atom stereocenters. The summed E-state index contributed by atoms with van der Waals surface area (Å²) in [6.45, 7) is 4.63. The normalized spacial score (nSPS) is 10.9. The van der Waals surface area contributed by atoms with Gasteiger partial charge in [-0.25, -0.2) is 4.39 Å². The number of anilines is 2. The summed E-state index contributed by atoms with van der Waals surface area (Å²) >= 11 is 0. The van der Waals surface area contributed by atoms with Gasteiger partial charge >= 0.3 is 0 Å². The van der Waals surface area contributed by atoms with Gasteiger partial charge in [0, 0.05) is 24.8 Å². The molecular formula is C21H24FN3O3. The molecule has 0 heterocycles. The number of hydrogen-bond donors (Lipinski definition) is 3. The SMILES string of the molecule is CC(=O)Nc1cccc(NC(=O)C(C)(C)C(=O)NCCc2ccccc2F)c1. The topological polar surface area (TPSA) is 87.3 Å². The Morgan fingerprint density at radius 3 is 2.21 bits per heavy atom. The summed E-state index contributed by atoms with van der Waals surface area (Å²) in [6, 6.07) is 13.0. The minimum atomic E-state index is -1.33. The van der Waals surface area contributed by atoms with Gasteiger partial charge in [0.05, 0.1) is 0 Å². The van der Waals surface area contributed by atoms with Crippen molar-refractivity contribution in [2.45, 2.75) is 27.2 Å². The molecule has 2 aromatic carbocycles. The summed E-state index contributed by atoms with van der Waals surface area (Å²) in [6.07, 6.45) is 0.328. The van der Waals surface area contributed by atoms with Crippen LogP contribution in [0.3, 0.4) is 0 Å². The van der Waals surface area contributed by atoms with E-state index < -0.39 is 17.2 Å². The second kappa shape index (κ2) is 9.12. The van der Waals surface area contributed by atoms with Crippen molar-refractivity contribution in [3.05, 3.63) is 59.9 Å². The molecule has 0 aliphatic rings. The second-order valence-electron chi connectivity index (χ2n) is 6.94. The van der Waals surface area contributed by atoms with Crippen LogP contribution in [0.5, 0.6) is 0 Å². The fourth-order valence-corrected chi connectivity index (χ4v) is 2.50. The molecule has 2 aromatic rings. The Kier molecular flexibility index (Phi) is 6.87. The average molecular weight is 385 g/mol. The molecule has 0 bridgehead atoms. The molecule has 0 aliphatic carbocycles. The number of hydrogen-bond acceptors (Lipinski definition) is 3. The Morgan fingerprint density at radius 2 is 1.57 bits per heavy atom. The number of rotatable bonds is 7. The van der Waals surface area contributed by atoms with Crippen molar-refractivity contribution in [1.82, 2.24) is 5.32 Å². The van der Waals surface area contributed by atoms with E-state index in [1.807, 2.05) is 0 Å². The molecule has 0 fully saturated rings. The van der Waals surface area contributed by atoms with Gasteiger partial charge in [-0.2, -0.15) is 0 Å². The summed E-state index contributed by atoms with van der Waals surface area (Å²) in [4.78, 5) is 36.2. The van der Waals surface area contributed by atoms with Crippen LogP contribution in [0.15, 0.2) is 48.5 Å². The minimum Gasteiger partial charge on any atom is -0.355 e. The Labute approximate surface area is 163 Å². The zero-order chi connectivity index (χ0) is 20.7. The lowest BCUT2D eigenvalue weighted by molar-refractivity contribution is -0.138. The zero-order valence-corrected chi connectivity index (χ0v) is 16.1. The first-order chi connectivity index (χ1) is 13.2. The highest BCUT2D eigenvalue weighted by atomic mass is 19.1. The molecular weight excluding hydrogens is 361 g/mol. The molecule has 0 saturated carbocycles. The standard InChI is InChI=1S/C21H24FN3O3/c1-14(26)24-16-8-6-9-17(13-16)25-20(28)21(2,3)19(27)23-12-11-15-7-4-5-10-18(15)22/h4-10,13H,11-12H2,1-3H3,(H,23,27)(H,24,26)(H,25,28). The maximum atomic E-state index is 13.6. The summed E-state index contributed by atoms with van der Waals surface area (Å²) in [7, 11) is 0.